The number of nitrogens with zero attached hydrogens (tertiary/aromatic N) is 4. The van der Waals surface area contributed by atoms with Crippen LogP contribution in [0.25, 0.3) is 11.0 Å². The summed E-state index contributed by atoms with van der Waals surface area (Å²) >= 11 is 5.66. The maximum atomic E-state index is 13.5. The van der Waals surface area contributed by atoms with E-state index in [4.69, 9.17) is 12.2 Å². The van der Waals surface area contributed by atoms with Gasteiger partial charge in [-0.1, -0.05) is 55.4 Å². The molecule has 3 aromatic rings. The van der Waals surface area contributed by atoms with Crippen LogP contribution in [0.2, 0.25) is 0 Å². The van der Waals surface area contributed by atoms with E-state index in [-0.39, 0.29) is 37.0 Å². The normalized spacial score (nSPS) is 15.8. The number of carbonyl (C=O) groups is 1. The summed E-state index contributed by atoms with van der Waals surface area (Å²) in [7, 11) is 0. The minimum atomic E-state index is -0.506. The molecular formula is C19H21N5OSU. The van der Waals surface area contributed by atoms with Crippen molar-refractivity contribution in [2.45, 2.75) is 31.7 Å². The van der Waals surface area contributed by atoms with E-state index in [0.717, 1.165) is 36.9 Å². The maximum Gasteiger partial charge on any atom is 0.250 e. The van der Waals surface area contributed by atoms with Crippen molar-refractivity contribution in [3.63, 3.8) is 0 Å². The molecule has 1 fully saturated rings. The summed E-state index contributed by atoms with van der Waals surface area (Å²) in [6.07, 6.45) is 7.79. The Balaban J connectivity index is 0.00000210. The number of fused-ring (bicyclic) bond motifs is 1. The zero-order valence-electron chi connectivity index (χ0n) is 15.0. The van der Waals surface area contributed by atoms with E-state index >= 15 is 0 Å². The SMILES string of the molecule is O=C(C(c1ccccc1)n1cnc2[nH]ncc2c1=S)N1CCCCCC1.[U]. The number of aromatic amines is 1. The van der Waals surface area contributed by atoms with Crippen LogP contribution in [0, 0.1) is 35.8 Å². The molecule has 3 heterocycles. The van der Waals surface area contributed by atoms with Crippen molar-refractivity contribution < 1.29 is 35.9 Å². The quantitative estimate of drug-likeness (QED) is 0.465. The number of rotatable bonds is 3. The Hall–Kier alpha value is -1.49. The minimum Gasteiger partial charge on any atom is -0.341 e. The Bertz CT molecular complexity index is 963. The molecule has 0 radical (unpaired) electrons. The van der Waals surface area contributed by atoms with E-state index in [1.54, 1.807) is 17.1 Å². The van der Waals surface area contributed by atoms with E-state index in [0.29, 0.717) is 10.3 Å². The second-order valence-corrected chi connectivity index (χ2v) is 7.03. The molecule has 1 N–H and O–H groups in total. The Morgan fingerprint density at radius 2 is 1.81 bits per heavy atom. The number of hydrogen-bond acceptors (Lipinski definition) is 4. The van der Waals surface area contributed by atoms with Gasteiger partial charge in [-0.25, -0.2) is 4.98 Å². The third-order valence-corrected chi connectivity index (χ3v) is 5.37. The molecule has 1 atom stereocenters. The summed E-state index contributed by atoms with van der Waals surface area (Å²) in [6, 6.07) is 9.29. The second kappa shape index (κ2) is 9.14. The van der Waals surface area contributed by atoms with Crippen molar-refractivity contribution >= 4 is 29.2 Å². The van der Waals surface area contributed by atoms with Crippen molar-refractivity contribution in [2.75, 3.05) is 13.1 Å². The Morgan fingerprint density at radius 1 is 1.11 bits per heavy atom. The van der Waals surface area contributed by atoms with Crippen LogP contribution in [0.15, 0.2) is 42.9 Å². The largest absolute Gasteiger partial charge is 0.341 e. The summed E-state index contributed by atoms with van der Waals surface area (Å²) < 4.78 is 2.37. The van der Waals surface area contributed by atoms with E-state index < -0.39 is 6.04 Å². The molecule has 0 spiro atoms. The first kappa shape index (κ1) is 20.3. The van der Waals surface area contributed by atoms with Crippen LogP contribution in [0.5, 0.6) is 0 Å². The molecule has 27 heavy (non-hydrogen) atoms. The van der Waals surface area contributed by atoms with Crippen LogP contribution in [0.1, 0.15) is 37.3 Å². The zero-order chi connectivity index (χ0) is 17.9. The third-order valence-electron chi connectivity index (χ3n) is 4.94. The number of aromatic nitrogens is 4. The van der Waals surface area contributed by atoms with Gasteiger partial charge >= 0.3 is 0 Å². The fraction of sp³-hybridized carbons (Fsp3) is 0.368. The predicted octanol–water partition coefficient (Wildman–Crippen LogP) is 3.48. The summed E-state index contributed by atoms with van der Waals surface area (Å²) in [5.74, 6) is 0.0823. The second-order valence-electron chi connectivity index (χ2n) is 6.64. The van der Waals surface area contributed by atoms with Crippen LogP contribution in [0.4, 0.5) is 0 Å². The van der Waals surface area contributed by atoms with E-state index in [1.807, 2.05) is 35.2 Å². The molecule has 6 nitrogen and oxygen atoms in total. The number of hydrogen-bond donors (Lipinski definition) is 1. The van der Waals surface area contributed by atoms with E-state index in [1.165, 1.54) is 12.8 Å². The Morgan fingerprint density at radius 3 is 2.52 bits per heavy atom. The van der Waals surface area contributed by atoms with Gasteiger partial charge in [-0.05, 0) is 18.4 Å². The van der Waals surface area contributed by atoms with Crippen LogP contribution in [0.3, 0.4) is 0 Å². The van der Waals surface area contributed by atoms with Crippen LogP contribution in [-0.4, -0.2) is 43.6 Å². The molecule has 1 aliphatic heterocycles. The molecule has 0 aliphatic carbocycles. The molecule has 0 bridgehead atoms. The first-order valence-electron chi connectivity index (χ1n) is 8.99. The van der Waals surface area contributed by atoms with Gasteiger partial charge in [0, 0.05) is 44.2 Å². The van der Waals surface area contributed by atoms with Crippen molar-refractivity contribution in [2.24, 2.45) is 0 Å². The fourth-order valence-corrected chi connectivity index (χ4v) is 3.85. The first-order valence-corrected chi connectivity index (χ1v) is 9.40. The van der Waals surface area contributed by atoms with Gasteiger partial charge in [0.25, 0.3) is 0 Å². The summed E-state index contributed by atoms with van der Waals surface area (Å²) in [4.78, 5) is 19.9. The predicted molar refractivity (Wildman–Crippen MR) is 102 cm³/mol. The molecule has 2 aromatic heterocycles. The molecule has 1 amide bonds. The van der Waals surface area contributed by atoms with Gasteiger partial charge in [0.1, 0.15) is 10.7 Å². The Kier molecular flexibility index (Phi) is 6.85. The third kappa shape index (κ3) is 4.18. The summed E-state index contributed by atoms with van der Waals surface area (Å²) in [6.45, 7) is 1.60. The number of H-pyrrole nitrogens is 1. The Labute approximate surface area is 186 Å². The van der Waals surface area contributed by atoms with Gasteiger partial charge in [-0.2, -0.15) is 5.10 Å². The standard InChI is InChI=1S/C19H21N5OS.U/c25-18(23-10-6-1-2-7-11-23)16(14-8-4-3-5-9-14)24-13-20-17-15(19(24)26)12-21-22-17;/h3-5,8-9,12-13,16H,1-2,6-7,10-11H2,(H,21,22);. The van der Waals surface area contributed by atoms with Gasteiger partial charge in [0.15, 0.2) is 5.65 Å². The zero-order valence-corrected chi connectivity index (χ0v) is 19.9. The van der Waals surface area contributed by atoms with Gasteiger partial charge in [0.05, 0.1) is 17.9 Å². The number of nitrogens with one attached hydrogen (secondary N) is 1. The summed E-state index contributed by atoms with van der Waals surface area (Å²) in [5, 5.41) is 7.61. The molecule has 1 aliphatic rings. The van der Waals surface area contributed by atoms with Crippen molar-refractivity contribution in [3.05, 3.63) is 53.1 Å². The van der Waals surface area contributed by atoms with Gasteiger partial charge in [-0.15, -0.1) is 0 Å². The van der Waals surface area contributed by atoms with Gasteiger partial charge in [0.2, 0.25) is 5.91 Å². The van der Waals surface area contributed by atoms with Crippen LogP contribution in [-0.2, 0) is 4.79 Å². The minimum absolute atomic E-state index is 0. The number of benzene rings is 1. The molecule has 138 valence electrons. The van der Waals surface area contributed by atoms with Crippen molar-refractivity contribution in [1.29, 1.82) is 0 Å². The van der Waals surface area contributed by atoms with Gasteiger partial charge in [-0.3, -0.25) is 9.89 Å². The molecule has 1 saturated heterocycles. The van der Waals surface area contributed by atoms with Crippen molar-refractivity contribution in [1.82, 2.24) is 24.6 Å². The average Bonchev–Trinajstić information content (AvgIpc) is 2.99. The van der Waals surface area contributed by atoms with Gasteiger partial charge < -0.3 is 9.47 Å². The molecule has 4 rings (SSSR count). The summed E-state index contributed by atoms with van der Waals surface area (Å²) in [5.41, 5.74) is 1.56. The monoisotopic (exact) mass is 605 g/mol. The molecular weight excluding hydrogens is 584 g/mol. The van der Waals surface area contributed by atoms with Crippen LogP contribution < -0.4 is 0 Å². The van der Waals surface area contributed by atoms with E-state index in [9.17, 15) is 4.79 Å². The maximum absolute atomic E-state index is 13.5. The average molecular weight is 606 g/mol. The van der Waals surface area contributed by atoms with E-state index in [2.05, 4.69) is 15.2 Å². The molecule has 1 unspecified atom stereocenters. The van der Waals surface area contributed by atoms with Crippen molar-refractivity contribution in [3.8, 4) is 0 Å². The molecule has 1 aromatic carbocycles. The first-order chi connectivity index (χ1) is 12.8. The smallest absolute Gasteiger partial charge is 0.250 e. The number of amides is 1. The molecule has 0 saturated carbocycles. The number of likely N-dealkylation sites (tertiary alicyclic amines) is 1. The fourth-order valence-electron chi connectivity index (χ4n) is 3.55. The van der Waals surface area contributed by atoms with Crippen LogP contribution >= 0.6 is 12.2 Å². The topological polar surface area (TPSA) is 66.8 Å². The number of carbonyl (C=O) groups excluding carboxylic acids is 1. The molecule has 8 heteroatoms.